The van der Waals surface area contributed by atoms with E-state index in [0.29, 0.717) is 48.7 Å². The number of fused-ring (bicyclic) bond motifs is 1. The number of hydrogen-bond donors (Lipinski definition) is 0. The van der Waals surface area contributed by atoms with Crippen LogP contribution in [0.1, 0.15) is 25.5 Å². The molecule has 4 rings (SSSR count). The van der Waals surface area contributed by atoms with Gasteiger partial charge in [-0.1, -0.05) is 26.0 Å². The third-order valence-corrected chi connectivity index (χ3v) is 5.55. The average molecular weight is 448 g/mol. The van der Waals surface area contributed by atoms with E-state index in [4.69, 9.17) is 9.72 Å². The minimum Gasteiger partial charge on any atom is -0.464 e. The number of carbonyl (C=O) groups is 1. The lowest BCUT2D eigenvalue weighted by Crippen LogP contribution is -2.47. The number of piperazine rings is 1. The van der Waals surface area contributed by atoms with E-state index in [1.807, 2.05) is 38.1 Å². The summed E-state index contributed by atoms with van der Waals surface area (Å²) in [6, 6.07) is 15.9. The number of ether oxygens (including phenoxy) is 1. The van der Waals surface area contributed by atoms with E-state index < -0.39 is 11.9 Å². The van der Waals surface area contributed by atoms with Crippen LogP contribution in [-0.4, -0.2) is 48.7 Å². The fraction of sp³-hybridized carbons (Fsp3) is 0.360. The first-order valence-electron chi connectivity index (χ1n) is 11.0. The summed E-state index contributed by atoms with van der Waals surface area (Å²) in [5, 5.41) is 9.85. The molecule has 1 aromatic heterocycles. The van der Waals surface area contributed by atoms with Crippen molar-refractivity contribution in [2.45, 2.75) is 19.8 Å². The number of nitrogens with zero attached hydrogens (tertiary/aromatic N) is 5. The van der Waals surface area contributed by atoms with Gasteiger partial charge < -0.3 is 14.5 Å². The molecule has 0 unspecified atom stereocenters. The zero-order valence-electron chi connectivity index (χ0n) is 18.7. The van der Waals surface area contributed by atoms with Gasteiger partial charge in [-0.2, -0.15) is 5.26 Å². The molecule has 1 aliphatic heterocycles. The highest BCUT2D eigenvalue weighted by molar-refractivity contribution is 5.85. The van der Waals surface area contributed by atoms with E-state index in [1.165, 1.54) is 12.1 Å². The number of hydrogen-bond acceptors (Lipinski definition) is 7. The Balaban J connectivity index is 1.63. The Hall–Kier alpha value is -3.73. The fourth-order valence-electron chi connectivity index (χ4n) is 3.82. The van der Waals surface area contributed by atoms with Crippen molar-refractivity contribution in [1.82, 2.24) is 9.97 Å². The number of halogens is 1. The smallest absolute Gasteiger partial charge is 0.329 e. The maximum Gasteiger partial charge on any atom is 0.329 e. The summed E-state index contributed by atoms with van der Waals surface area (Å²) >= 11 is 0. The van der Waals surface area contributed by atoms with Gasteiger partial charge in [-0.05, 0) is 42.3 Å². The molecular weight excluding hydrogens is 421 g/mol. The van der Waals surface area contributed by atoms with Gasteiger partial charge in [-0.25, -0.2) is 14.4 Å². The third kappa shape index (κ3) is 5.03. The quantitative estimate of drug-likeness (QED) is 0.530. The number of aromatic nitrogens is 2. The summed E-state index contributed by atoms with van der Waals surface area (Å²) in [7, 11) is 0. The number of nitriles is 1. The monoisotopic (exact) mass is 447 g/mol. The van der Waals surface area contributed by atoms with Crippen LogP contribution in [0.3, 0.4) is 0 Å². The molecule has 0 bridgehead atoms. The van der Waals surface area contributed by atoms with Gasteiger partial charge in [0.25, 0.3) is 0 Å². The minimum absolute atomic E-state index is 0.162. The lowest BCUT2D eigenvalue weighted by Gasteiger charge is -2.37. The van der Waals surface area contributed by atoms with Crippen LogP contribution in [0, 0.1) is 23.1 Å². The van der Waals surface area contributed by atoms with Crippen molar-refractivity contribution >= 4 is 28.5 Å². The summed E-state index contributed by atoms with van der Waals surface area (Å²) in [5.74, 6) is -1.34. The molecule has 0 saturated carbocycles. The summed E-state index contributed by atoms with van der Waals surface area (Å²) in [6.07, 6.45) is 0. The van der Waals surface area contributed by atoms with Gasteiger partial charge in [0, 0.05) is 31.9 Å². The highest BCUT2D eigenvalue weighted by Gasteiger charge is 2.31. The molecule has 7 nitrogen and oxygen atoms in total. The number of carbonyl (C=O) groups excluding carboxylic acids is 1. The highest BCUT2D eigenvalue weighted by Crippen LogP contribution is 2.29. The number of para-hydroxylation sites is 2. The van der Waals surface area contributed by atoms with Gasteiger partial charge in [0.2, 0.25) is 0 Å². The van der Waals surface area contributed by atoms with E-state index in [2.05, 4.69) is 20.9 Å². The largest absolute Gasteiger partial charge is 0.464 e. The Morgan fingerprint density at radius 2 is 1.64 bits per heavy atom. The van der Waals surface area contributed by atoms with Crippen molar-refractivity contribution in [3.8, 4) is 6.07 Å². The fourth-order valence-corrected chi connectivity index (χ4v) is 3.82. The van der Waals surface area contributed by atoms with Crippen LogP contribution in [-0.2, 0) is 9.53 Å². The molecule has 0 spiro atoms. The second-order valence-corrected chi connectivity index (χ2v) is 8.46. The van der Waals surface area contributed by atoms with Crippen molar-refractivity contribution < 1.29 is 13.9 Å². The lowest BCUT2D eigenvalue weighted by molar-refractivity contribution is -0.145. The molecule has 33 heavy (non-hydrogen) atoms. The van der Waals surface area contributed by atoms with E-state index in [0.717, 1.165) is 5.69 Å². The molecular formula is C25H26FN5O2. The summed E-state index contributed by atoms with van der Waals surface area (Å²) < 4.78 is 18.6. The Labute approximate surface area is 192 Å². The van der Waals surface area contributed by atoms with E-state index >= 15 is 0 Å². The Morgan fingerprint density at radius 1 is 1.03 bits per heavy atom. The minimum atomic E-state index is -1.16. The van der Waals surface area contributed by atoms with Gasteiger partial charge in [-0.3, -0.25) is 4.79 Å². The topological polar surface area (TPSA) is 82.3 Å². The molecule has 1 fully saturated rings. The predicted octanol–water partition coefficient (Wildman–Crippen LogP) is 3.90. The van der Waals surface area contributed by atoms with E-state index in [9.17, 15) is 14.4 Å². The Bertz CT molecular complexity index is 1170. The first kappa shape index (κ1) is 22.5. The molecule has 1 saturated heterocycles. The molecule has 2 heterocycles. The van der Waals surface area contributed by atoms with Gasteiger partial charge in [0.15, 0.2) is 11.7 Å². The van der Waals surface area contributed by atoms with Crippen LogP contribution in [0.5, 0.6) is 0 Å². The van der Waals surface area contributed by atoms with Crippen LogP contribution in [0.4, 0.5) is 15.9 Å². The highest BCUT2D eigenvalue weighted by atomic mass is 19.1. The van der Waals surface area contributed by atoms with Crippen LogP contribution < -0.4 is 9.80 Å². The van der Waals surface area contributed by atoms with Crippen LogP contribution in [0.25, 0.3) is 11.0 Å². The van der Waals surface area contributed by atoms with Crippen LogP contribution in [0.15, 0.2) is 48.5 Å². The normalized spacial score (nSPS) is 14.9. The summed E-state index contributed by atoms with van der Waals surface area (Å²) in [4.78, 5) is 26.4. The van der Waals surface area contributed by atoms with Crippen molar-refractivity contribution in [2.75, 3.05) is 42.6 Å². The zero-order valence-corrected chi connectivity index (χ0v) is 18.7. The molecule has 3 aromatic rings. The standard InChI is InChI=1S/C25H26FN5O2/c1-17(2)16-33-25(32)20(15-27)23-24(29-22-6-4-3-5-21(22)28-23)31-13-11-30(12-14-31)19-9-7-18(26)8-10-19/h3-10,17,20H,11-14,16H2,1-2H3/t20-/m0/s1. The summed E-state index contributed by atoms with van der Waals surface area (Å²) in [5.41, 5.74) is 2.59. The van der Waals surface area contributed by atoms with E-state index in [1.54, 1.807) is 12.1 Å². The molecule has 2 aromatic carbocycles. The molecule has 1 atom stereocenters. The SMILES string of the molecule is CC(C)COC(=O)[C@@H](C#N)c1nc2ccccc2nc1N1CCN(c2ccc(F)cc2)CC1. The molecule has 170 valence electrons. The first-order valence-corrected chi connectivity index (χ1v) is 11.0. The van der Waals surface area contributed by atoms with Gasteiger partial charge >= 0.3 is 5.97 Å². The maximum absolute atomic E-state index is 13.3. The molecule has 0 radical (unpaired) electrons. The number of benzene rings is 2. The second kappa shape index (κ2) is 9.82. The van der Waals surface area contributed by atoms with Crippen molar-refractivity contribution in [2.24, 2.45) is 5.92 Å². The van der Waals surface area contributed by atoms with E-state index in [-0.39, 0.29) is 18.3 Å². The van der Waals surface area contributed by atoms with Crippen LogP contribution >= 0.6 is 0 Å². The van der Waals surface area contributed by atoms with Crippen molar-refractivity contribution in [1.29, 1.82) is 5.26 Å². The second-order valence-electron chi connectivity index (χ2n) is 8.46. The van der Waals surface area contributed by atoms with Crippen molar-refractivity contribution in [3.05, 3.63) is 60.0 Å². The van der Waals surface area contributed by atoms with Crippen molar-refractivity contribution in [3.63, 3.8) is 0 Å². The average Bonchev–Trinajstić information content (AvgIpc) is 2.83. The predicted molar refractivity (Wildman–Crippen MR) is 125 cm³/mol. The van der Waals surface area contributed by atoms with Crippen LogP contribution in [0.2, 0.25) is 0 Å². The van der Waals surface area contributed by atoms with Gasteiger partial charge in [0.1, 0.15) is 11.5 Å². The molecule has 8 heteroatoms. The lowest BCUT2D eigenvalue weighted by atomic mass is 10.1. The maximum atomic E-state index is 13.3. The third-order valence-electron chi connectivity index (χ3n) is 5.55. The molecule has 1 aliphatic rings. The molecule has 0 aliphatic carbocycles. The summed E-state index contributed by atoms with van der Waals surface area (Å²) in [6.45, 7) is 6.74. The van der Waals surface area contributed by atoms with Gasteiger partial charge in [0.05, 0.1) is 23.7 Å². The molecule has 0 amide bonds. The Kier molecular flexibility index (Phi) is 6.68. The number of esters is 1. The number of anilines is 2. The number of rotatable bonds is 6. The first-order chi connectivity index (χ1) is 16.0. The Morgan fingerprint density at radius 3 is 2.24 bits per heavy atom. The van der Waals surface area contributed by atoms with Gasteiger partial charge in [-0.15, -0.1) is 0 Å². The zero-order chi connectivity index (χ0) is 23.4. The molecule has 0 N–H and O–H groups in total.